The fourth-order valence-corrected chi connectivity index (χ4v) is 2.93. The largest absolute Gasteiger partial charge is 0.481 e. The van der Waals surface area contributed by atoms with Gasteiger partial charge in [0.05, 0.1) is 5.41 Å². The number of halogens is 2. The number of aliphatic carboxylic acids is 1. The number of urea groups is 1. The number of anilines is 1. The van der Waals surface area contributed by atoms with Gasteiger partial charge in [-0.1, -0.05) is 0 Å². The summed E-state index contributed by atoms with van der Waals surface area (Å²) in [5.41, 5.74) is -0.365. The summed E-state index contributed by atoms with van der Waals surface area (Å²) in [5, 5.41) is 16.0. The maximum Gasteiger partial charge on any atom is 0.323 e. The zero-order chi connectivity index (χ0) is 19.1. The zero-order valence-electron chi connectivity index (χ0n) is 14.3. The lowest BCUT2D eigenvalue weighted by Crippen LogP contribution is -2.37. The Morgan fingerprint density at radius 3 is 2.65 bits per heavy atom. The SMILES string of the molecule is Cc1cc(NC(=O)N2CCC(C)(C(=O)O)C2)nn1-c1ccc(F)cc1F. The van der Waals surface area contributed by atoms with Crippen molar-refractivity contribution in [1.29, 1.82) is 0 Å². The third-order valence-electron chi connectivity index (χ3n) is 4.54. The number of rotatable bonds is 3. The standard InChI is InChI=1S/C17H18F2N4O3/c1-10-7-14(21-23(10)13-4-3-11(18)8-12(13)19)20-16(26)22-6-5-17(2,9-22)15(24)25/h3-4,7-8H,5-6,9H2,1-2H3,(H,24,25)(H,20,21,26). The van der Waals surface area contributed by atoms with Gasteiger partial charge in [-0.2, -0.15) is 0 Å². The highest BCUT2D eigenvalue weighted by Gasteiger charge is 2.42. The third kappa shape index (κ3) is 3.24. The predicted octanol–water partition coefficient (Wildman–Crippen LogP) is 2.79. The quantitative estimate of drug-likeness (QED) is 0.877. The normalized spacial score (nSPS) is 19.6. The second-order valence-corrected chi connectivity index (χ2v) is 6.65. The molecule has 1 aliphatic heterocycles. The van der Waals surface area contributed by atoms with Gasteiger partial charge >= 0.3 is 12.0 Å². The van der Waals surface area contributed by atoms with E-state index in [2.05, 4.69) is 10.4 Å². The molecule has 0 spiro atoms. The summed E-state index contributed by atoms with van der Waals surface area (Å²) in [4.78, 5) is 25.0. The molecule has 1 unspecified atom stereocenters. The molecule has 2 heterocycles. The third-order valence-corrected chi connectivity index (χ3v) is 4.54. The molecular weight excluding hydrogens is 346 g/mol. The zero-order valence-corrected chi connectivity index (χ0v) is 14.3. The van der Waals surface area contributed by atoms with Crippen LogP contribution < -0.4 is 5.32 Å². The van der Waals surface area contributed by atoms with Gasteiger partial charge in [-0.15, -0.1) is 5.10 Å². The van der Waals surface area contributed by atoms with Crippen LogP contribution in [0.2, 0.25) is 0 Å². The molecule has 9 heteroatoms. The molecule has 138 valence electrons. The maximum atomic E-state index is 13.9. The number of amides is 2. The molecule has 0 radical (unpaired) electrons. The summed E-state index contributed by atoms with van der Waals surface area (Å²) < 4.78 is 28.3. The van der Waals surface area contributed by atoms with E-state index in [4.69, 9.17) is 0 Å². The molecule has 1 fully saturated rings. The average molecular weight is 364 g/mol. The van der Waals surface area contributed by atoms with Crippen LogP contribution in [0.25, 0.3) is 5.69 Å². The first-order chi connectivity index (χ1) is 12.2. The van der Waals surface area contributed by atoms with Crippen molar-refractivity contribution >= 4 is 17.8 Å². The topological polar surface area (TPSA) is 87.5 Å². The molecule has 3 rings (SSSR count). The highest BCUT2D eigenvalue weighted by atomic mass is 19.1. The van der Waals surface area contributed by atoms with Crippen LogP contribution in [0, 0.1) is 24.0 Å². The number of carboxylic acid groups (broad SMARTS) is 1. The number of aryl methyl sites for hydroxylation is 1. The van der Waals surface area contributed by atoms with Crippen LogP contribution in [-0.4, -0.2) is 44.9 Å². The fourth-order valence-electron chi connectivity index (χ4n) is 2.93. The second kappa shape index (κ2) is 6.40. The Hall–Kier alpha value is -2.97. The average Bonchev–Trinajstić information content (AvgIpc) is 3.12. The van der Waals surface area contributed by atoms with Crippen LogP contribution in [0.4, 0.5) is 19.4 Å². The fraction of sp³-hybridized carbons (Fsp3) is 0.353. The molecule has 0 bridgehead atoms. The van der Waals surface area contributed by atoms with Crippen LogP contribution in [0.1, 0.15) is 19.0 Å². The Bertz CT molecular complexity index is 883. The Kier molecular flexibility index (Phi) is 4.39. The smallest absolute Gasteiger partial charge is 0.323 e. The molecular formula is C17H18F2N4O3. The number of nitrogens with one attached hydrogen (secondary N) is 1. The van der Waals surface area contributed by atoms with Crippen molar-refractivity contribution in [3.8, 4) is 5.69 Å². The Morgan fingerprint density at radius 2 is 2.04 bits per heavy atom. The first kappa shape index (κ1) is 17.8. The van der Waals surface area contributed by atoms with Crippen molar-refractivity contribution in [2.45, 2.75) is 20.3 Å². The van der Waals surface area contributed by atoms with E-state index in [1.165, 1.54) is 15.6 Å². The van der Waals surface area contributed by atoms with E-state index in [0.717, 1.165) is 12.1 Å². The monoisotopic (exact) mass is 364 g/mol. The number of likely N-dealkylation sites (tertiary alicyclic amines) is 1. The minimum absolute atomic E-state index is 0.0593. The van der Waals surface area contributed by atoms with Crippen molar-refractivity contribution in [3.05, 3.63) is 41.6 Å². The van der Waals surface area contributed by atoms with E-state index in [0.29, 0.717) is 18.7 Å². The molecule has 1 saturated heterocycles. The maximum absolute atomic E-state index is 13.9. The molecule has 0 saturated carbocycles. The molecule has 1 aromatic carbocycles. The predicted molar refractivity (Wildman–Crippen MR) is 89.2 cm³/mol. The lowest BCUT2D eigenvalue weighted by Gasteiger charge is -2.20. The molecule has 26 heavy (non-hydrogen) atoms. The minimum Gasteiger partial charge on any atom is -0.481 e. The van der Waals surface area contributed by atoms with Gasteiger partial charge in [0, 0.05) is 30.9 Å². The molecule has 7 nitrogen and oxygen atoms in total. The first-order valence-corrected chi connectivity index (χ1v) is 8.01. The second-order valence-electron chi connectivity index (χ2n) is 6.65. The van der Waals surface area contributed by atoms with Gasteiger partial charge in [0.2, 0.25) is 0 Å². The van der Waals surface area contributed by atoms with Crippen LogP contribution in [0.3, 0.4) is 0 Å². The van der Waals surface area contributed by atoms with Crippen molar-refractivity contribution < 1.29 is 23.5 Å². The van der Waals surface area contributed by atoms with Gasteiger partial charge in [0.1, 0.15) is 11.5 Å². The number of carbonyl (C=O) groups is 2. The molecule has 0 aliphatic carbocycles. The Balaban J connectivity index is 1.76. The number of hydrogen-bond acceptors (Lipinski definition) is 3. The van der Waals surface area contributed by atoms with Crippen LogP contribution >= 0.6 is 0 Å². The van der Waals surface area contributed by atoms with Gasteiger partial charge < -0.3 is 10.0 Å². The molecule has 1 aromatic heterocycles. The number of hydrogen-bond donors (Lipinski definition) is 2. The number of benzene rings is 1. The van der Waals surface area contributed by atoms with Crippen LogP contribution in [0.5, 0.6) is 0 Å². The van der Waals surface area contributed by atoms with E-state index in [9.17, 15) is 23.5 Å². The summed E-state index contributed by atoms with van der Waals surface area (Å²) >= 11 is 0. The molecule has 2 amide bonds. The summed E-state index contributed by atoms with van der Waals surface area (Å²) in [6, 6.07) is 4.21. The molecule has 2 N–H and O–H groups in total. The van der Waals surface area contributed by atoms with E-state index in [1.807, 2.05) is 0 Å². The summed E-state index contributed by atoms with van der Waals surface area (Å²) in [6.07, 6.45) is 0.365. The first-order valence-electron chi connectivity index (χ1n) is 8.01. The van der Waals surface area contributed by atoms with Gasteiger partial charge in [-0.05, 0) is 32.4 Å². The number of carbonyl (C=O) groups excluding carboxylic acids is 1. The van der Waals surface area contributed by atoms with Gasteiger partial charge in [0.15, 0.2) is 11.6 Å². The van der Waals surface area contributed by atoms with Crippen molar-refractivity contribution in [2.24, 2.45) is 5.41 Å². The highest BCUT2D eigenvalue weighted by Crippen LogP contribution is 2.30. The van der Waals surface area contributed by atoms with E-state index in [-0.39, 0.29) is 18.1 Å². The van der Waals surface area contributed by atoms with Crippen LogP contribution in [0.15, 0.2) is 24.3 Å². The van der Waals surface area contributed by atoms with Gasteiger partial charge in [-0.3, -0.25) is 10.1 Å². The molecule has 1 aliphatic rings. The van der Waals surface area contributed by atoms with E-state index in [1.54, 1.807) is 19.9 Å². The van der Waals surface area contributed by atoms with Crippen molar-refractivity contribution in [1.82, 2.24) is 14.7 Å². The highest BCUT2D eigenvalue weighted by molar-refractivity contribution is 5.89. The van der Waals surface area contributed by atoms with E-state index < -0.39 is 29.0 Å². The minimum atomic E-state index is -0.968. The molecule has 2 aromatic rings. The summed E-state index contributed by atoms with van der Waals surface area (Å²) in [6.45, 7) is 3.68. The number of nitrogens with zero attached hydrogens (tertiary/aromatic N) is 3. The molecule has 1 atom stereocenters. The lowest BCUT2D eigenvalue weighted by atomic mass is 9.90. The van der Waals surface area contributed by atoms with Crippen molar-refractivity contribution in [2.75, 3.05) is 18.4 Å². The van der Waals surface area contributed by atoms with Gasteiger partial charge in [-0.25, -0.2) is 18.3 Å². The summed E-state index contributed by atoms with van der Waals surface area (Å²) in [5.74, 6) is -2.22. The number of carboxylic acids is 1. The Labute approximate surface area is 148 Å². The van der Waals surface area contributed by atoms with Gasteiger partial charge in [0.25, 0.3) is 0 Å². The van der Waals surface area contributed by atoms with E-state index >= 15 is 0 Å². The van der Waals surface area contributed by atoms with Crippen molar-refractivity contribution in [3.63, 3.8) is 0 Å². The van der Waals surface area contributed by atoms with Crippen LogP contribution in [-0.2, 0) is 4.79 Å². The lowest BCUT2D eigenvalue weighted by molar-refractivity contribution is -0.146. The summed E-state index contributed by atoms with van der Waals surface area (Å²) in [7, 11) is 0. The Morgan fingerprint density at radius 1 is 1.31 bits per heavy atom. The number of aromatic nitrogens is 2.